The van der Waals surface area contributed by atoms with Crippen LogP contribution in [0.3, 0.4) is 0 Å². The van der Waals surface area contributed by atoms with Crippen LogP contribution in [0.15, 0.2) is 48.5 Å². The molecule has 6 heteroatoms. The summed E-state index contributed by atoms with van der Waals surface area (Å²) in [5.41, 5.74) is 2.79. The van der Waals surface area contributed by atoms with Gasteiger partial charge in [0.1, 0.15) is 5.75 Å². The number of nitrogens with zero attached hydrogens (tertiary/aromatic N) is 2. The van der Waals surface area contributed by atoms with Gasteiger partial charge in [-0.25, -0.2) is 0 Å². The minimum absolute atomic E-state index is 0.00781. The van der Waals surface area contributed by atoms with Crippen LogP contribution in [0, 0.1) is 12.8 Å². The first-order chi connectivity index (χ1) is 15.9. The number of hydrogen-bond donors (Lipinski definition) is 1. The number of methoxy groups -OCH3 is 1. The van der Waals surface area contributed by atoms with Gasteiger partial charge in [0, 0.05) is 36.3 Å². The zero-order chi connectivity index (χ0) is 23.5. The highest BCUT2D eigenvalue weighted by Gasteiger charge is 2.42. The van der Waals surface area contributed by atoms with Gasteiger partial charge in [0.2, 0.25) is 11.8 Å². The molecular formula is C27H35N3O3. The molecule has 2 aromatic rings. The lowest BCUT2D eigenvalue weighted by Gasteiger charge is -2.41. The monoisotopic (exact) mass is 449 g/mol. The zero-order valence-corrected chi connectivity index (χ0v) is 20.1. The van der Waals surface area contributed by atoms with Crippen molar-refractivity contribution in [2.45, 2.75) is 57.7 Å². The fourth-order valence-electron chi connectivity index (χ4n) is 4.81. The predicted octanol–water partition coefficient (Wildman–Crippen LogP) is 4.09. The van der Waals surface area contributed by atoms with Crippen LogP contribution in [0.1, 0.15) is 49.8 Å². The first-order valence-corrected chi connectivity index (χ1v) is 11.9. The Labute approximate surface area is 196 Å². The molecule has 1 N–H and O–H groups in total. The maximum absolute atomic E-state index is 13.5. The van der Waals surface area contributed by atoms with Gasteiger partial charge in [0.05, 0.1) is 19.1 Å². The van der Waals surface area contributed by atoms with E-state index in [1.54, 1.807) is 12.0 Å². The van der Waals surface area contributed by atoms with Crippen molar-refractivity contribution in [1.29, 1.82) is 0 Å². The smallest absolute Gasteiger partial charge is 0.227 e. The second-order valence-electron chi connectivity index (χ2n) is 9.42. The van der Waals surface area contributed by atoms with E-state index in [9.17, 15) is 9.59 Å². The summed E-state index contributed by atoms with van der Waals surface area (Å²) in [6.45, 7) is 4.77. The van der Waals surface area contributed by atoms with Gasteiger partial charge in [-0.2, -0.15) is 0 Å². The lowest BCUT2D eigenvalue weighted by molar-refractivity contribution is -0.129. The van der Waals surface area contributed by atoms with E-state index in [0.717, 1.165) is 16.8 Å². The molecule has 1 heterocycles. The van der Waals surface area contributed by atoms with E-state index in [0.29, 0.717) is 31.2 Å². The summed E-state index contributed by atoms with van der Waals surface area (Å²) in [6.07, 6.45) is 3.33. The maximum Gasteiger partial charge on any atom is 0.227 e. The minimum Gasteiger partial charge on any atom is -0.496 e. The number of anilines is 1. The molecule has 1 saturated heterocycles. The lowest BCUT2D eigenvalue weighted by Crippen LogP contribution is -2.50. The Morgan fingerprint density at radius 1 is 1.15 bits per heavy atom. The molecule has 1 aliphatic heterocycles. The predicted molar refractivity (Wildman–Crippen MR) is 130 cm³/mol. The van der Waals surface area contributed by atoms with E-state index >= 15 is 0 Å². The van der Waals surface area contributed by atoms with Gasteiger partial charge in [-0.1, -0.05) is 35.9 Å². The van der Waals surface area contributed by atoms with Crippen molar-refractivity contribution in [3.05, 3.63) is 59.7 Å². The summed E-state index contributed by atoms with van der Waals surface area (Å²) in [5, 5.41) is 3.19. The van der Waals surface area contributed by atoms with Crippen LogP contribution in [0.4, 0.5) is 5.69 Å². The number of carbonyl (C=O) groups excluding carboxylic acids is 2. The third-order valence-corrected chi connectivity index (χ3v) is 7.09. The van der Waals surface area contributed by atoms with Crippen molar-refractivity contribution < 1.29 is 14.3 Å². The molecule has 1 aliphatic carbocycles. The second kappa shape index (κ2) is 9.96. The highest BCUT2D eigenvalue weighted by molar-refractivity contribution is 5.97. The number of nitrogens with one attached hydrogen (secondary N) is 1. The summed E-state index contributed by atoms with van der Waals surface area (Å²) in [6, 6.07) is 16.1. The molecule has 33 heavy (non-hydrogen) atoms. The van der Waals surface area contributed by atoms with Crippen LogP contribution in [0.25, 0.3) is 0 Å². The number of para-hydroxylation sites is 1. The summed E-state index contributed by atoms with van der Waals surface area (Å²) >= 11 is 0. The van der Waals surface area contributed by atoms with E-state index in [2.05, 4.69) is 24.2 Å². The number of likely N-dealkylation sites (N-methyl/N-ethyl adjacent to an activating group) is 1. The molecule has 2 fully saturated rings. The van der Waals surface area contributed by atoms with Gasteiger partial charge in [0.25, 0.3) is 0 Å². The van der Waals surface area contributed by atoms with Gasteiger partial charge in [-0.3, -0.25) is 14.5 Å². The molecule has 3 unspecified atom stereocenters. The quantitative estimate of drug-likeness (QED) is 0.660. The van der Waals surface area contributed by atoms with Gasteiger partial charge >= 0.3 is 0 Å². The molecule has 0 bridgehead atoms. The largest absolute Gasteiger partial charge is 0.496 e. The van der Waals surface area contributed by atoms with Crippen molar-refractivity contribution in [2.24, 2.45) is 5.92 Å². The number of hydrogen-bond acceptors (Lipinski definition) is 4. The number of benzene rings is 2. The Hall–Kier alpha value is -2.86. The molecule has 2 amide bonds. The number of aryl methyl sites for hydroxylation is 1. The van der Waals surface area contributed by atoms with Crippen molar-refractivity contribution in [2.75, 3.05) is 25.6 Å². The van der Waals surface area contributed by atoms with Crippen LogP contribution >= 0.6 is 0 Å². The minimum atomic E-state index is -0.429. The second-order valence-corrected chi connectivity index (χ2v) is 9.42. The topological polar surface area (TPSA) is 61.9 Å². The fraction of sp³-hybridized carbons (Fsp3) is 0.481. The van der Waals surface area contributed by atoms with Crippen molar-refractivity contribution in [3.8, 4) is 5.75 Å². The molecule has 3 atom stereocenters. The van der Waals surface area contributed by atoms with Crippen molar-refractivity contribution >= 4 is 17.5 Å². The molecule has 0 aromatic heterocycles. The van der Waals surface area contributed by atoms with E-state index in [1.807, 2.05) is 55.5 Å². The molecular weight excluding hydrogens is 414 g/mol. The molecule has 176 valence electrons. The Balaban J connectivity index is 1.64. The SMILES string of the molecule is COc1ccccc1C1C(C(=O)NCC(C)N(C)C2CC2)CCC(=O)N1c1ccc(C)cc1. The molecule has 2 aromatic carbocycles. The molecule has 0 radical (unpaired) electrons. The summed E-state index contributed by atoms with van der Waals surface area (Å²) in [7, 11) is 3.76. The highest BCUT2D eigenvalue weighted by Crippen LogP contribution is 2.43. The summed E-state index contributed by atoms with van der Waals surface area (Å²) in [5.74, 6) is 0.347. The van der Waals surface area contributed by atoms with Crippen LogP contribution in [-0.2, 0) is 9.59 Å². The van der Waals surface area contributed by atoms with E-state index in [1.165, 1.54) is 12.8 Å². The van der Waals surface area contributed by atoms with Gasteiger partial charge in [-0.15, -0.1) is 0 Å². The van der Waals surface area contributed by atoms with Crippen molar-refractivity contribution in [3.63, 3.8) is 0 Å². The zero-order valence-electron chi connectivity index (χ0n) is 20.1. The molecule has 2 aliphatic rings. The van der Waals surface area contributed by atoms with E-state index in [-0.39, 0.29) is 23.8 Å². The number of ether oxygens (including phenoxy) is 1. The molecule has 0 spiro atoms. The lowest BCUT2D eigenvalue weighted by atomic mass is 9.82. The van der Waals surface area contributed by atoms with Crippen LogP contribution < -0.4 is 15.0 Å². The molecule has 4 rings (SSSR count). The van der Waals surface area contributed by atoms with E-state index in [4.69, 9.17) is 4.74 Å². The van der Waals surface area contributed by atoms with Crippen LogP contribution in [0.5, 0.6) is 5.75 Å². The average molecular weight is 450 g/mol. The average Bonchev–Trinajstić information content (AvgIpc) is 3.68. The molecule has 1 saturated carbocycles. The fourth-order valence-corrected chi connectivity index (χ4v) is 4.81. The first kappa shape index (κ1) is 23.3. The Morgan fingerprint density at radius 3 is 2.52 bits per heavy atom. The van der Waals surface area contributed by atoms with Gasteiger partial charge in [0.15, 0.2) is 0 Å². The molecule has 6 nitrogen and oxygen atoms in total. The number of carbonyl (C=O) groups is 2. The normalized spacial score (nSPS) is 21.7. The Morgan fingerprint density at radius 2 is 1.85 bits per heavy atom. The first-order valence-electron chi connectivity index (χ1n) is 11.9. The number of piperidine rings is 1. The van der Waals surface area contributed by atoms with Crippen molar-refractivity contribution in [1.82, 2.24) is 10.2 Å². The standard InChI is InChI=1S/C27H35N3O3/c1-18-9-11-21(12-10-18)30-25(31)16-15-23(26(30)22-7-5-6-8-24(22)33-4)27(32)28-17-19(2)29(3)20-13-14-20/h5-12,19-20,23,26H,13-17H2,1-4H3,(H,28,32). The maximum atomic E-state index is 13.5. The third-order valence-electron chi connectivity index (χ3n) is 7.09. The Bertz CT molecular complexity index is 986. The van der Waals surface area contributed by atoms with Crippen LogP contribution in [-0.4, -0.2) is 49.5 Å². The summed E-state index contributed by atoms with van der Waals surface area (Å²) < 4.78 is 5.65. The Kier molecular flexibility index (Phi) is 7.03. The van der Waals surface area contributed by atoms with Gasteiger partial charge in [-0.05, 0) is 58.4 Å². The summed E-state index contributed by atoms with van der Waals surface area (Å²) in [4.78, 5) is 30.9. The van der Waals surface area contributed by atoms with E-state index < -0.39 is 6.04 Å². The highest BCUT2D eigenvalue weighted by atomic mass is 16.5. The number of rotatable bonds is 8. The third kappa shape index (κ3) is 5.06. The van der Waals surface area contributed by atoms with Crippen LogP contribution in [0.2, 0.25) is 0 Å². The number of amides is 2. The van der Waals surface area contributed by atoms with Gasteiger partial charge < -0.3 is 15.0 Å².